The first kappa shape index (κ1) is 23.6. The molecule has 0 saturated carbocycles. The van der Waals surface area contributed by atoms with Gasteiger partial charge in [0.2, 0.25) is 0 Å². The molecule has 0 aliphatic heterocycles. The first-order chi connectivity index (χ1) is 14.3. The third-order valence-electron chi connectivity index (χ3n) is 5.81. The topological polar surface area (TPSA) is 25.8 Å². The van der Waals surface area contributed by atoms with Crippen molar-refractivity contribution in [1.29, 1.82) is 0 Å². The summed E-state index contributed by atoms with van der Waals surface area (Å²) in [7, 11) is 0. The Hall–Kier alpha value is -1.70. The van der Waals surface area contributed by atoms with Crippen LogP contribution in [0.25, 0.3) is 11.4 Å². The van der Waals surface area contributed by atoms with Crippen molar-refractivity contribution in [3.05, 3.63) is 47.8 Å². The van der Waals surface area contributed by atoms with Gasteiger partial charge in [-0.3, -0.25) is 0 Å². The standard InChI is InChI=1S/C27H42N2/c1-3-5-7-9-11-13-14-16-24-18-20-26(21-19-24)27-28-22-25(23-29-27)17-15-12-10-8-6-4-2/h18-23H,3-17H2,1-2H3. The summed E-state index contributed by atoms with van der Waals surface area (Å²) in [4.78, 5) is 9.21. The molecule has 2 rings (SSSR count). The van der Waals surface area contributed by atoms with E-state index in [0.29, 0.717) is 0 Å². The highest BCUT2D eigenvalue weighted by Gasteiger charge is 2.03. The lowest BCUT2D eigenvalue weighted by Gasteiger charge is -2.06. The third-order valence-corrected chi connectivity index (χ3v) is 5.81. The highest BCUT2D eigenvalue weighted by molar-refractivity contribution is 5.55. The zero-order valence-corrected chi connectivity index (χ0v) is 19.0. The zero-order chi connectivity index (χ0) is 20.6. The van der Waals surface area contributed by atoms with Gasteiger partial charge in [-0.05, 0) is 36.8 Å². The molecule has 2 heteroatoms. The fraction of sp³-hybridized carbons (Fsp3) is 0.630. The quantitative estimate of drug-likeness (QED) is 0.267. The van der Waals surface area contributed by atoms with Crippen LogP contribution in [0, 0.1) is 0 Å². The SMILES string of the molecule is CCCCCCCCCc1ccc(-c2ncc(CCCCCCCC)cn2)cc1. The number of hydrogen-bond acceptors (Lipinski definition) is 2. The molecule has 1 aromatic heterocycles. The monoisotopic (exact) mass is 394 g/mol. The maximum atomic E-state index is 4.61. The highest BCUT2D eigenvalue weighted by atomic mass is 14.9. The van der Waals surface area contributed by atoms with Crippen molar-refractivity contribution in [2.45, 2.75) is 110 Å². The molecule has 0 aliphatic carbocycles. The van der Waals surface area contributed by atoms with E-state index in [4.69, 9.17) is 0 Å². The van der Waals surface area contributed by atoms with Crippen molar-refractivity contribution < 1.29 is 0 Å². The fourth-order valence-electron chi connectivity index (χ4n) is 3.85. The van der Waals surface area contributed by atoms with Crippen molar-refractivity contribution in [3.63, 3.8) is 0 Å². The van der Waals surface area contributed by atoms with E-state index in [1.165, 1.54) is 101 Å². The van der Waals surface area contributed by atoms with Crippen LogP contribution >= 0.6 is 0 Å². The van der Waals surface area contributed by atoms with Gasteiger partial charge < -0.3 is 0 Å². The predicted molar refractivity (Wildman–Crippen MR) is 126 cm³/mol. The molecule has 0 unspecified atom stereocenters. The van der Waals surface area contributed by atoms with Gasteiger partial charge in [0.1, 0.15) is 0 Å². The number of benzene rings is 1. The minimum Gasteiger partial charge on any atom is -0.236 e. The van der Waals surface area contributed by atoms with Crippen LogP contribution in [0.2, 0.25) is 0 Å². The van der Waals surface area contributed by atoms with Crippen LogP contribution in [0.4, 0.5) is 0 Å². The van der Waals surface area contributed by atoms with Gasteiger partial charge in [-0.25, -0.2) is 9.97 Å². The number of aromatic nitrogens is 2. The molecule has 0 radical (unpaired) electrons. The second-order valence-electron chi connectivity index (χ2n) is 8.50. The van der Waals surface area contributed by atoms with Crippen LogP contribution in [0.5, 0.6) is 0 Å². The first-order valence-electron chi connectivity index (χ1n) is 12.2. The second-order valence-corrected chi connectivity index (χ2v) is 8.50. The van der Waals surface area contributed by atoms with E-state index in [0.717, 1.165) is 17.8 Å². The minimum atomic E-state index is 0.846. The van der Waals surface area contributed by atoms with E-state index < -0.39 is 0 Å². The maximum Gasteiger partial charge on any atom is 0.159 e. The Bertz CT molecular complexity index is 631. The van der Waals surface area contributed by atoms with Gasteiger partial charge in [0.05, 0.1) is 0 Å². The molecule has 0 atom stereocenters. The average Bonchev–Trinajstić information content (AvgIpc) is 2.76. The van der Waals surface area contributed by atoms with Crippen LogP contribution in [-0.4, -0.2) is 9.97 Å². The van der Waals surface area contributed by atoms with Gasteiger partial charge in [0.15, 0.2) is 5.82 Å². The Morgan fingerprint density at radius 2 is 0.966 bits per heavy atom. The lowest BCUT2D eigenvalue weighted by Crippen LogP contribution is -1.94. The molecule has 160 valence electrons. The molecule has 0 N–H and O–H groups in total. The summed E-state index contributed by atoms with van der Waals surface area (Å²) in [6.07, 6.45) is 23.9. The Labute approximate surface area is 179 Å². The second kappa shape index (κ2) is 15.2. The van der Waals surface area contributed by atoms with E-state index in [1.54, 1.807) is 0 Å². The summed E-state index contributed by atoms with van der Waals surface area (Å²) in [5.74, 6) is 0.846. The van der Waals surface area contributed by atoms with Crippen LogP contribution < -0.4 is 0 Å². The van der Waals surface area contributed by atoms with Crippen LogP contribution in [0.15, 0.2) is 36.7 Å². The number of nitrogens with zero attached hydrogens (tertiary/aromatic N) is 2. The molecule has 0 spiro atoms. The van der Waals surface area contributed by atoms with E-state index in [9.17, 15) is 0 Å². The predicted octanol–water partition coefficient (Wildman–Crippen LogP) is 8.34. The van der Waals surface area contributed by atoms with Gasteiger partial charge in [-0.2, -0.15) is 0 Å². The van der Waals surface area contributed by atoms with Crippen molar-refractivity contribution in [1.82, 2.24) is 9.97 Å². The number of hydrogen-bond donors (Lipinski definition) is 0. The lowest BCUT2D eigenvalue weighted by atomic mass is 10.0. The number of aryl methyl sites for hydroxylation is 2. The molecule has 0 amide bonds. The van der Waals surface area contributed by atoms with Gasteiger partial charge in [0.25, 0.3) is 0 Å². The summed E-state index contributed by atoms with van der Waals surface area (Å²) in [5, 5.41) is 0. The third kappa shape index (κ3) is 10.1. The van der Waals surface area contributed by atoms with Crippen molar-refractivity contribution in [3.8, 4) is 11.4 Å². The molecule has 1 heterocycles. The molecule has 1 aromatic carbocycles. The number of unbranched alkanes of at least 4 members (excludes halogenated alkanes) is 11. The Morgan fingerprint density at radius 1 is 0.517 bits per heavy atom. The normalized spacial score (nSPS) is 11.1. The lowest BCUT2D eigenvalue weighted by molar-refractivity contribution is 0.589. The Morgan fingerprint density at radius 3 is 1.48 bits per heavy atom. The van der Waals surface area contributed by atoms with Crippen LogP contribution in [0.3, 0.4) is 0 Å². The molecule has 0 aliphatic rings. The van der Waals surface area contributed by atoms with Crippen molar-refractivity contribution in [2.24, 2.45) is 0 Å². The molecule has 2 aromatic rings. The largest absolute Gasteiger partial charge is 0.236 e. The van der Waals surface area contributed by atoms with Crippen molar-refractivity contribution in [2.75, 3.05) is 0 Å². The van der Waals surface area contributed by atoms with Crippen LogP contribution in [0.1, 0.15) is 108 Å². The van der Waals surface area contributed by atoms with Gasteiger partial charge in [0, 0.05) is 18.0 Å². The molecule has 0 fully saturated rings. The van der Waals surface area contributed by atoms with Crippen LogP contribution in [-0.2, 0) is 12.8 Å². The van der Waals surface area contributed by atoms with E-state index in [1.807, 2.05) is 12.4 Å². The smallest absolute Gasteiger partial charge is 0.159 e. The minimum absolute atomic E-state index is 0.846. The van der Waals surface area contributed by atoms with Gasteiger partial charge >= 0.3 is 0 Å². The molecular weight excluding hydrogens is 352 g/mol. The van der Waals surface area contributed by atoms with E-state index in [-0.39, 0.29) is 0 Å². The average molecular weight is 395 g/mol. The highest BCUT2D eigenvalue weighted by Crippen LogP contribution is 2.18. The summed E-state index contributed by atoms with van der Waals surface area (Å²) >= 11 is 0. The summed E-state index contributed by atoms with van der Waals surface area (Å²) in [6, 6.07) is 8.86. The van der Waals surface area contributed by atoms with Gasteiger partial charge in [-0.1, -0.05) is 109 Å². The summed E-state index contributed by atoms with van der Waals surface area (Å²) in [6.45, 7) is 4.54. The fourth-order valence-corrected chi connectivity index (χ4v) is 3.85. The van der Waals surface area contributed by atoms with Gasteiger partial charge in [-0.15, -0.1) is 0 Å². The molecule has 0 saturated heterocycles. The maximum absolute atomic E-state index is 4.61. The Balaban J connectivity index is 1.68. The number of rotatable bonds is 16. The summed E-state index contributed by atoms with van der Waals surface area (Å²) in [5.41, 5.74) is 3.82. The molecular formula is C27H42N2. The Kier molecular flexibility index (Phi) is 12.3. The first-order valence-corrected chi connectivity index (χ1v) is 12.2. The zero-order valence-electron chi connectivity index (χ0n) is 19.0. The van der Waals surface area contributed by atoms with E-state index in [2.05, 4.69) is 48.1 Å². The van der Waals surface area contributed by atoms with Crippen molar-refractivity contribution >= 4 is 0 Å². The molecule has 29 heavy (non-hydrogen) atoms. The van der Waals surface area contributed by atoms with E-state index >= 15 is 0 Å². The molecule has 2 nitrogen and oxygen atoms in total. The molecule has 0 bridgehead atoms. The summed E-state index contributed by atoms with van der Waals surface area (Å²) < 4.78 is 0.